The molecule has 0 aliphatic heterocycles. The molecule has 1 saturated carbocycles. The number of hydrogen-bond donors (Lipinski definition) is 2. The Hall–Kier alpha value is -2.67. The van der Waals surface area contributed by atoms with E-state index in [0.717, 1.165) is 50.2 Å². The third kappa shape index (κ3) is 8.07. The first-order chi connectivity index (χ1) is 14.2. The third-order valence-electron chi connectivity index (χ3n) is 4.41. The molecule has 1 aliphatic rings. The topological polar surface area (TPSA) is 67.8 Å². The number of benzene rings is 1. The number of guanidine groups is 1. The largest absolute Gasteiger partial charge is 0.439 e. The highest BCUT2D eigenvalue weighted by atomic mass is 19.1. The molecule has 3 rings (SSSR count). The standard InChI is InChI=1S/C22H29FN4O2/c1-2-24-22(25-12-3-13-28-16-17-4-5-17)27-15-18-6-11-21(26-14-18)29-20-9-7-19(23)8-10-20/h6-11,14,17H,2-5,12-13,15-16H2,1H3,(H2,24,25,27). The van der Waals surface area contributed by atoms with Gasteiger partial charge >= 0.3 is 0 Å². The maximum Gasteiger partial charge on any atom is 0.219 e. The van der Waals surface area contributed by atoms with Gasteiger partial charge < -0.3 is 20.1 Å². The molecule has 29 heavy (non-hydrogen) atoms. The van der Waals surface area contributed by atoms with Crippen LogP contribution in [0.5, 0.6) is 11.6 Å². The number of hydrogen-bond acceptors (Lipinski definition) is 4. The molecule has 1 aromatic carbocycles. The van der Waals surface area contributed by atoms with Gasteiger partial charge in [0.1, 0.15) is 11.6 Å². The van der Waals surface area contributed by atoms with E-state index in [1.807, 2.05) is 13.0 Å². The van der Waals surface area contributed by atoms with E-state index in [1.54, 1.807) is 24.4 Å². The molecule has 0 saturated heterocycles. The maximum atomic E-state index is 12.9. The highest BCUT2D eigenvalue weighted by molar-refractivity contribution is 5.79. The van der Waals surface area contributed by atoms with Crippen molar-refractivity contribution in [1.82, 2.24) is 15.6 Å². The van der Waals surface area contributed by atoms with E-state index < -0.39 is 0 Å². The Bertz CT molecular complexity index is 761. The molecule has 2 aromatic rings. The quantitative estimate of drug-likeness (QED) is 0.340. The average molecular weight is 400 g/mol. The zero-order valence-corrected chi connectivity index (χ0v) is 16.9. The van der Waals surface area contributed by atoms with Gasteiger partial charge in [-0.2, -0.15) is 0 Å². The Kier molecular flexibility index (Phi) is 8.25. The lowest BCUT2D eigenvalue weighted by atomic mass is 10.3. The molecular formula is C22H29FN4O2. The molecule has 0 unspecified atom stereocenters. The van der Waals surface area contributed by atoms with E-state index in [9.17, 15) is 4.39 Å². The first kappa shape index (κ1) is 21.0. The fourth-order valence-corrected chi connectivity index (χ4v) is 2.62. The van der Waals surface area contributed by atoms with Gasteiger partial charge in [0.05, 0.1) is 6.54 Å². The first-order valence-electron chi connectivity index (χ1n) is 10.2. The summed E-state index contributed by atoms with van der Waals surface area (Å²) in [7, 11) is 0. The molecule has 156 valence electrons. The average Bonchev–Trinajstić information content (AvgIpc) is 3.56. The van der Waals surface area contributed by atoms with Gasteiger partial charge in [-0.15, -0.1) is 0 Å². The van der Waals surface area contributed by atoms with Crippen molar-refractivity contribution >= 4 is 5.96 Å². The second kappa shape index (κ2) is 11.4. The summed E-state index contributed by atoms with van der Waals surface area (Å²) < 4.78 is 24.2. The fraction of sp³-hybridized carbons (Fsp3) is 0.455. The highest BCUT2D eigenvalue weighted by Gasteiger charge is 2.20. The number of nitrogens with zero attached hydrogens (tertiary/aromatic N) is 2. The summed E-state index contributed by atoms with van der Waals surface area (Å²) in [5, 5.41) is 6.57. The predicted molar refractivity (Wildman–Crippen MR) is 112 cm³/mol. The summed E-state index contributed by atoms with van der Waals surface area (Å²) in [5.41, 5.74) is 0.974. The van der Waals surface area contributed by atoms with Crippen molar-refractivity contribution in [2.45, 2.75) is 32.7 Å². The van der Waals surface area contributed by atoms with Gasteiger partial charge in [-0.25, -0.2) is 14.4 Å². The van der Waals surface area contributed by atoms with E-state index in [2.05, 4.69) is 20.6 Å². The van der Waals surface area contributed by atoms with Gasteiger partial charge in [0.25, 0.3) is 0 Å². The molecule has 1 fully saturated rings. The van der Waals surface area contributed by atoms with Crippen LogP contribution in [0.4, 0.5) is 4.39 Å². The minimum Gasteiger partial charge on any atom is -0.439 e. The van der Waals surface area contributed by atoms with Crippen LogP contribution < -0.4 is 15.4 Å². The maximum absolute atomic E-state index is 12.9. The van der Waals surface area contributed by atoms with Gasteiger partial charge in [-0.3, -0.25) is 0 Å². The molecule has 0 atom stereocenters. The van der Waals surface area contributed by atoms with Crippen LogP contribution in [-0.4, -0.2) is 37.2 Å². The van der Waals surface area contributed by atoms with Crippen LogP contribution in [-0.2, 0) is 11.3 Å². The molecule has 0 spiro atoms. The number of aromatic nitrogens is 1. The summed E-state index contributed by atoms with van der Waals surface area (Å²) in [5.74, 6) is 2.30. The summed E-state index contributed by atoms with van der Waals surface area (Å²) in [6, 6.07) is 9.55. The molecule has 6 nitrogen and oxygen atoms in total. The van der Waals surface area contributed by atoms with Crippen LogP contribution in [0, 0.1) is 11.7 Å². The van der Waals surface area contributed by atoms with Gasteiger partial charge in [0.15, 0.2) is 5.96 Å². The minimum atomic E-state index is -0.297. The van der Waals surface area contributed by atoms with Crippen molar-refractivity contribution < 1.29 is 13.9 Å². The molecule has 1 aromatic heterocycles. The van der Waals surface area contributed by atoms with Crippen molar-refractivity contribution in [3.8, 4) is 11.6 Å². The van der Waals surface area contributed by atoms with Crippen LogP contribution in [0.15, 0.2) is 47.6 Å². The highest BCUT2D eigenvalue weighted by Crippen LogP contribution is 2.28. The summed E-state index contributed by atoms with van der Waals surface area (Å²) in [6.45, 7) is 5.85. The van der Waals surface area contributed by atoms with Gasteiger partial charge in [0.2, 0.25) is 5.88 Å². The van der Waals surface area contributed by atoms with Gasteiger partial charge in [0, 0.05) is 38.6 Å². The summed E-state index contributed by atoms with van der Waals surface area (Å²) >= 11 is 0. The van der Waals surface area contributed by atoms with Crippen LogP contribution >= 0.6 is 0 Å². The van der Waals surface area contributed by atoms with E-state index in [4.69, 9.17) is 9.47 Å². The Morgan fingerprint density at radius 1 is 1.17 bits per heavy atom. The number of pyridine rings is 1. The van der Waals surface area contributed by atoms with E-state index in [1.165, 1.54) is 25.0 Å². The van der Waals surface area contributed by atoms with Crippen LogP contribution in [0.1, 0.15) is 31.7 Å². The van der Waals surface area contributed by atoms with Crippen molar-refractivity contribution in [2.75, 3.05) is 26.3 Å². The lowest BCUT2D eigenvalue weighted by molar-refractivity contribution is 0.123. The first-order valence-corrected chi connectivity index (χ1v) is 10.2. The van der Waals surface area contributed by atoms with E-state index in [0.29, 0.717) is 18.2 Å². The molecule has 1 aliphatic carbocycles. The molecule has 0 bridgehead atoms. The third-order valence-corrected chi connectivity index (χ3v) is 4.41. The van der Waals surface area contributed by atoms with E-state index >= 15 is 0 Å². The van der Waals surface area contributed by atoms with Crippen molar-refractivity contribution in [3.05, 3.63) is 54.0 Å². The van der Waals surface area contributed by atoms with Gasteiger partial charge in [-0.05, 0) is 61.9 Å². The Morgan fingerprint density at radius 3 is 2.69 bits per heavy atom. The van der Waals surface area contributed by atoms with Gasteiger partial charge in [-0.1, -0.05) is 6.07 Å². The number of aliphatic imine (C=N–C) groups is 1. The minimum absolute atomic E-state index is 0.297. The predicted octanol–water partition coefficient (Wildman–Crippen LogP) is 3.88. The van der Waals surface area contributed by atoms with Crippen molar-refractivity contribution in [1.29, 1.82) is 0 Å². The number of nitrogens with one attached hydrogen (secondary N) is 2. The molecule has 1 heterocycles. The fourth-order valence-electron chi connectivity index (χ4n) is 2.62. The summed E-state index contributed by atoms with van der Waals surface area (Å²) in [6.07, 6.45) is 5.33. The molecule has 7 heteroatoms. The second-order valence-electron chi connectivity index (χ2n) is 7.05. The van der Waals surface area contributed by atoms with Crippen molar-refractivity contribution in [2.24, 2.45) is 10.9 Å². The zero-order valence-electron chi connectivity index (χ0n) is 16.9. The molecular weight excluding hydrogens is 371 g/mol. The van der Waals surface area contributed by atoms with Crippen LogP contribution in [0.25, 0.3) is 0 Å². The Balaban J connectivity index is 1.42. The number of halogens is 1. The zero-order chi connectivity index (χ0) is 20.3. The normalized spacial score (nSPS) is 13.9. The number of ether oxygens (including phenoxy) is 2. The summed E-state index contributed by atoms with van der Waals surface area (Å²) in [4.78, 5) is 8.89. The monoisotopic (exact) mass is 400 g/mol. The lowest BCUT2D eigenvalue weighted by Crippen LogP contribution is -2.38. The molecule has 0 radical (unpaired) electrons. The molecule has 0 amide bonds. The smallest absolute Gasteiger partial charge is 0.219 e. The number of rotatable bonds is 11. The lowest BCUT2D eigenvalue weighted by Gasteiger charge is -2.11. The SMILES string of the molecule is CCNC(=NCc1ccc(Oc2ccc(F)cc2)nc1)NCCCOCC1CC1. The Morgan fingerprint density at radius 2 is 2.00 bits per heavy atom. The Labute approximate surface area is 171 Å². The van der Waals surface area contributed by atoms with Crippen LogP contribution in [0.3, 0.4) is 0 Å². The van der Waals surface area contributed by atoms with Crippen molar-refractivity contribution in [3.63, 3.8) is 0 Å². The van der Waals surface area contributed by atoms with Crippen LogP contribution in [0.2, 0.25) is 0 Å². The molecule has 2 N–H and O–H groups in total. The second-order valence-corrected chi connectivity index (χ2v) is 7.05. The van der Waals surface area contributed by atoms with E-state index in [-0.39, 0.29) is 5.82 Å².